The van der Waals surface area contributed by atoms with Crippen LogP contribution in [0.3, 0.4) is 0 Å². The number of hydrogen-bond acceptors (Lipinski definition) is 3. The lowest BCUT2D eigenvalue weighted by Crippen LogP contribution is -2.43. The van der Waals surface area contributed by atoms with Gasteiger partial charge < -0.3 is 13.9 Å². The summed E-state index contributed by atoms with van der Waals surface area (Å²) >= 11 is 0. The predicted octanol–water partition coefficient (Wildman–Crippen LogP) is 5.11. The van der Waals surface area contributed by atoms with Gasteiger partial charge in [0.25, 0.3) is 0 Å². The van der Waals surface area contributed by atoms with E-state index in [0.717, 1.165) is 32.5 Å². The van der Waals surface area contributed by atoms with Gasteiger partial charge >= 0.3 is 0 Å². The van der Waals surface area contributed by atoms with E-state index in [0.29, 0.717) is 11.1 Å². The molecule has 126 valence electrons. The Labute approximate surface area is 132 Å². The maximum Gasteiger partial charge on any atom is 0.192 e. The van der Waals surface area contributed by atoms with Crippen LogP contribution in [0.4, 0.5) is 0 Å². The standard InChI is InChI=1S/C17H36O3Si/c1-15(20-21(5,6)17(2,3)4)11-7-9-13-18-16-12-8-10-14-19-16/h15-16H,7-14H2,1-6H3/t15-,16?/m1/s1. The van der Waals surface area contributed by atoms with Gasteiger partial charge in [-0.1, -0.05) is 20.8 Å². The quantitative estimate of drug-likeness (QED) is 0.460. The highest BCUT2D eigenvalue weighted by Crippen LogP contribution is 2.37. The van der Waals surface area contributed by atoms with Crippen molar-refractivity contribution < 1.29 is 13.9 Å². The largest absolute Gasteiger partial charge is 0.414 e. The highest BCUT2D eigenvalue weighted by Gasteiger charge is 2.38. The predicted molar refractivity (Wildman–Crippen MR) is 91.1 cm³/mol. The van der Waals surface area contributed by atoms with E-state index >= 15 is 0 Å². The lowest BCUT2D eigenvalue weighted by atomic mass is 10.2. The summed E-state index contributed by atoms with van der Waals surface area (Å²) in [6, 6.07) is 0. The molecule has 4 heteroatoms. The number of ether oxygens (including phenoxy) is 2. The molecule has 0 aromatic carbocycles. The van der Waals surface area contributed by atoms with Gasteiger partial charge in [0.1, 0.15) is 0 Å². The maximum absolute atomic E-state index is 6.37. The van der Waals surface area contributed by atoms with E-state index in [1.54, 1.807) is 0 Å². The molecule has 0 aliphatic carbocycles. The van der Waals surface area contributed by atoms with Crippen molar-refractivity contribution >= 4 is 8.32 Å². The second-order valence-corrected chi connectivity index (χ2v) is 12.6. The Morgan fingerprint density at radius 1 is 1.19 bits per heavy atom. The molecule has 1 aliphatic rings. The Hall–Kier alpha value is 0.0969. The van der Waals surface area contributed by atoms with Crippen LogP contribution in [-0.4, -0.2) is 33.9 Å². The molecular formula is C17H36O3Si. The van der Waals surface area contributed by atoms with Crippen LogP contribution >= 0.6 is 0 Å². The van der Waals surface area contributed by atoms with Crippen molar-refractivity contribution in [1.29, 1.82) is 0 Å². The molecule has 0 N–H and O–H groups in total. The van der Waals surface area contributed by atoms with Gasteiger partial charge in [-0.2, -0.15) is 0 Å². The Balaban J connectivity index is 2.09. The average Bonchev–Trinajstić information content (AvgIpc) is 2.37. The topological polar surface area (TPSA) is 27.7 Å². The van der Waals surface area contributed by atoms with Gasteiger partial charge in [-0.15, -0.1) is 0 Å². The molecule has 1 unspecified atom stereocenters. The SMILES string of the molecule is C[C@H](CCCCOC1CCCCO1)O[Si](C)(C)C(C)(C)C. The van der Waals surface area contributed by atoms with E-state index in [9.17, 15) is 0 Å². The first-order valence-electron chi connectivity index (χ1n) is 8.63. The zero-order chi connectivity index (χ0) is 15.9. The van der Waals surface area contributed by atoms with Crippen LogP contribution in [0.5, 0.6) is 0 Å². The van der Waals surface area contributed by atoms with Crippen LogP contribution in [0.25, 0.3) is 0 Å². The fraction of sp³-hybridized carbons (Fsp3) is 1.00. The summed E-state index contributed by atoms with van der Waals surface area (Å²) in [7, 11) is -1.61. The minimum Gasteiger partial charge on any atom is -0.414 e. The molecule has 0 aromatic rings. The van der Waals surface area contributed by atoms with E-state index in [1.165, 1.54) is 19.3 Å². The Bertz CT molecular complexity index is 280. The number of hydrogen-bond donors (Lipinski definition) is 0. The van der Waals surface area contributed by atoms with E-state index in [-0.39, 0.29) is 6.29 Å². The second-order valence-electron chi connectivity index (χ2n) is 7.85. The second kappa shape index (κ2) is 8.66. The zero-order valence-corrected chi connectivity index (χ0v) is 16.0. The monoisotopic (exact) mass is 316 g/mol. The lowest BCUT2D eigenvalue weighted by Gasteiger charge is -2.38. The van der Waals surface area contributed by atoms with Gasteiger partial charge in [-0.3, -0.25) is 0 Å². The summed E-state index contributed by atoms with van der Waals surface area (Å²) < 4.78 is 17.7. The molecule has 0 aromatic heterocycles. The first-order valence-corrected chi connectivity index (χ1v) is 11.5. The molecule has 3 nitrogen and oxygen atoms in total. The summed E-state index contributed by atoms with van der Waals surface area (Å²) in [5.74, 6) is 0. The Morgan fingerprint density at radius 3 is 2.48 bits per heavy atom. The van der Waals surface area contributed by atoms with Gasteiger partial charge in [-0.25, -0.2) is 0 Å². The van der Waals surface area contributed by atoms with Crippen molar-refractivity contribution in [3.8, 4) is 0 Å². The molecule has 1 heterocycles. The minimum atomic E-state index is -1.61. The van der Waals surface area contributed by atoms with Crippen LogP contribution in [-0.2, 0) is 13.9 Å². The van der Waals surface area contributed by atoms with Crippen molar-refractivity contribution in [3.05, 3.63) is 0 Å². The van der Waals surface area contributed by atoms with E-state index in [4.69, 9.17) is 13.9 Å². The van der Waals surface area contributed by atoms with Crippen molar-refractivity contribution in [1.82, 2.24) is 0 Å². The summed E-state index contributed by atoms with van der Waals surface area (Å²) in [6.45, 7) is 15.4. The third-order valence-corrected chi connectivity index (χ3v) is 9.35. The fourth-order valence-corrected chi connectivity index (χ4v) is 3.81. The molecule has 0 saturated carbocycles. The molecular weight excluding hydrogens is 280 g/mol. The zero-order valence-electron chi connectivity index (χ0n) is 15.0. The molecule has 1 saturated heterocycles. The van der Waals surface area contributed by atoms with Crippen molar-refractivity contribution in [3.63, 3.8) is 0 Å². The first kappa shape index (κ1) is 19.1. The molecule has 0 spiro atoms. The summed E-state index contributed by atoms with van der Waals surface area (Å²) in [6.07, 6.45) is 7.29. The summed E-state index contributed by atoms with van der Waals surface area (Å²) in [4.78, 5) is 0. The van der Waals surface area contributed by atoms with Crippen molar-refractivity contribution in [2.24, 2.45) is 0 Å². The molecule has 0 radical (unpaired) electrons. The Morgan fingerprint density at radius 2 is 1.90 bits per heavy atom. The van der Waals surface area contributed by atoms with Gasteiger partial charge in [0.05, 0.1) is 0 Å². The van der Waals surface area contributed by atoms with Crippen LogP contribution in [0.2, 0.25) is 18.1 Å². The van der Waals surface area contributed by atoms with Gasteiger partial charge in [0, 0.05) is 19.3 Å². The highest BCUT2D eigenvalue weighted by atomic mass is 28.4. The molecule has 21 heavy (non-hydrogen) atoms. The van der Waals surface area contributed by atoms with Crippen molar-refractivity contribution in [2.75, 3.05) is 13.2 Å². The third kappa shape index (κ3) is 7.27. The highest BCUT2D eigenvalue weighted by molar-refractivity contribution is 6.74. The van der Waals surface area contributed by atoms with Crippen LogP contribution in [0.1, 0.15) is 66.2 Å². The lowest BCUT2D eigenvalue weighted by molar-refractivity contribution is -0.162. The number of rotatable bonds is 8. The minimum absolute atomic E-state index is 0.0552. The smallest absolute Gasteiger partial charge is 0.192 e. The van der Waals surface area contributed by atoms with Crippen LogP contribution < -0.4 is 0 Å². The Kier molecular flexibility index (Phi) is 7.89. The molecule has 0 amide bonds. The average molecular weight is 317 g/mol. The van der Waals surface area contributed by atoms with E-state index < -0.39 is 8.32 Å². The van der Waals surface area contributed by atoms with Crippen LogP contribution in [0, 0.1) is 0 Å². The van der Waals surface area contributed by atoms with E-state index in [1.807, 2.05) is 0 Å². The molecule has 1 rings (SSSR count). The maximum atomic E-state index is 6.37. The molecule has 0 bridgehead atoms. The third-order valence-electron chi connectivity index (χ3n) is 4.75. The normalized spacial score (nSPS) is 22.3. The van der Waals surface area contributed by atoms with Gasteiger partial charge in [0.2, 0.25) is 0 Å². The van der Waals surface area contributed by atoms with Crippen molar-refractivity contribution in [2.45, 2.75) is 96.7 Å². The first-order chi connectivity index (χ1) is 9.72. The molecule has 1 fully saturated rings. The van der Waals surface area contributed by atoms with Crippen LogP contribution in [0.15, 0.2) is 0 Å². The van der Waals surface area contributed by atoms with E-state index in [2.05, 4.69) is 40.8 Å². The molecule has 1 aliphatic heterocycles. The molecule has 2 atom stereocenters. The summed E-state index contributed by atoms with van der Waals surface area (Å²) in [5, 5.41) is 0.294. The fourth-order valence-electron chi connectivity index (χ4n) is 2.33. The van der Waals surface area contributed by atoms with Gasteiger partial charge in [0.15, 0.2) is 14.6 Å². The summed E-state index contributed by atoms with van der Waals surface area (Å²) in [5.41, 5.74) is 0. The van der Waals surface area contributed by atoms with Gasteiger partial charge in [-0.05, 0) is 63.6 Å². The number of unbranched alkanes of at least 4 members (excludes halogenated alkanes) is 1.